The zero-order valence-corrected chi connectivity index (χ0v) is 8.50. The quantitative estimate of drug-likeness (QED) is 0.770. The molecule has 1 atom stereocenters. The molecular weight excluding hydrogens is 188 g/mol. The summed E-state index contributed by atoms with van der Waals surface area (Å²) in [6.07, 6.45) is 3.70. The maximum Gasteiger partial charge on any atom is 0.0959 e. The molecule has 78 valence electrons. The summed E-state index contributed by atoms with van der Waals surface area (Å²) < 4.78 is 1.96. The van der Waals surface area contributed by atoms with Crippen molar-refractivity contribution in [2.75, 3.05) is 0 Å². The Balaban J connectivity index is 2.24. The smallest absolute Gasteiger partial charge is 0.0959 e. The van der Waals surface area contributed by atoms with E-state index in [1.54, 1.807) is 12.4 Å². The molecule has 2 rings (SSSR count). The SMILES string of the molecule is C=CCC(O)Cn1cnc2ccccc21. The number of aliphatic hydroxyl groups is 1. The van der Waals surface area contributed by atoms with E-state index in [2.05, 4.69) is 11.6 Å². The molecule has 0 amide bonds. The Morgan fingerprint density at radius 3 is 3.07 bits per heavy atom. The molecule has 1 aromatic heterocycles. The molecule has 3 nitrogen and oxygen atoms in total. The Labute approximate surface area is 88.7 Å². The van der Waals surface area contributed by atoms with Crippen molar-refractivity contribution in [2.45, 2.75) is 19.1 Å². The van der Waals surface area contributed by atoms with E-state index in [-0.39, 0.29) is 6.10 Å². The van der Waals surface area contributed by atoms with Gasteiger partial charge in [0.05, 0.1) is 30.0 Å². The summed E-state index contributed by atoms with van der Waals surface area (Å²) in [6, 6.07) is 7.90. The average molecular weight is 202 g/mol. The van der Waals surface area contributed by atoms with Gasteiger partial charge < -0.3 is 9.67 Å². The van der Waals surface area contributed by atoms with Crippen LogP contribution in [0.2, 0.25) is 0 Å². The van der Waals surface area contributed by atoms with E-state index in [9.17, 15) is 5.11 Å². The van der Waals surface area contributed by atoms with Gasteiger partial charge in [0.2, 0.25) is 0 Å². The lowest BCUT2D eigenvalue weighted by Gasteiger charge is -2.09. The second-order valence-electron chi connectivity index (χ2n) is 3.56. The van der Waals surface area contributed by atoms with Gasteiger partial charge in [0.1, 0.15) is 0 Å². The second kappa shape index (κ2) is 4.28. The molecule has 15 heavy (non-hydrogen) atoms. The third-order valence-electron chi connectivity index (χ3n) is 2.37. The lowest BCUT2D eigenvalue weighted by molar-refractivity contribution is 0.158. The highest BCUT2D eigenvalue weighted by Gasteiger charge is 2.06. The molecule has 0 fully saturated rings. The standard InChI is InChI=1S/C12H14N2O/c1-2-5-10(15)8-14-9-13-11-6-3-4-7-12(11)14/h2-4,6-7,9-10,15H,1,5,8H2. The van der Waals surface area contributed by atoms with Crippen LogP contribution >= 0.6 is 0 Å². The van der Waals surface area contributed by atoms with Gasteiger partial charge in [-0.15, -0.1) is 6.58 Å². The Morgan fingerprint density at radius 2 is 2.27 bits per heavy atom. The summed E-state index contributed by atoms with van der Waals surface area (Å²) in [7, 11) is 0. The summed E-state index contributed by atoms with van der Waals surface area (Å²) in [5.74, 6) is 0. The van der Waals surface area contributed by atoms with Crippen LogP contribution in [0.3, 0.4) is 0 Å². The summed E-state index contributed by atoms with van der Waals surface area (Å²) in [4.78, 5) is 4.26. The van der Waals surface area contributed by atoms with Crippen molar-refractivity contribution in [3.05, 3.63) is 43.2 Å². The van der Waals surface area contributed by atoms with E-state index < -0.39 is 0 Å². The zero-order chi connectivity index (χ0) is 10.7. The van der Waals surface area contributed by atoms with Gasteiger partial charge >= 0.3 is 0 Å². The number of nitrogens with zero attached hydrogens (tertiary/aromatic N) is 2. The number of hydrogen-bond donors (Lipinski definition) is 1. The van der Waals surface area contributed by atoms with Gasteiger partial charge in [0.15, 0.2) is 0 Å². The van der Waals surface area contributed by atoms with E-state index in [0.29, 0.717) is 13.0 Å². The fourth-order valence-corrected chi connectivity index (χ4v) is 1.65. The Bertz CT molecular complexity index is 461. The summed E-state index contributed by atoms with van der Waals surface area (Å²) in [5, 5.41) is 9.66. The van der Waals surface area contributed by atoms with Gasteiger partial charge in [-0.1, -0.05) is 18.2 Å². The largest absolute Gasteiger partial charge is 0.391 e. The number of hydrogen-bond acceptors (Lipinski definition) is 2. The topological polar surface area (TPSA) is 38.0 Å². The molecule has 0 spiro atoms. The van der Waals surface area contributed by atoms with Crippen molar-refractivity contribution in [3.63, 3.8) is 0 Å². The van der Waals surface area contributed by atoms with Crippen molar-refractivity contribution < 1.29 is 5.11 Å². The van der Waals surface area contributed by atoms with Gasteiger partial charge in [-0.25, -0.2) is 4.98 Å². The van der Waals surface area contributed by atoms with Crippen LogP contribution < -0.4 is 0 Å². The predicted octanol–water partition coefficient (Wildman–Crippen LogP) is 1.97. The number of imidazole rings is 1. The van der Waals surface area contributed by atoms with E-state index >= 15 is 0 Å². The first-order valence-electron chi connectivity index (χ1n) is 5.00. The van der Waals surface area contributed by atoms with Gasteiger partial charge in [-0.3, -0.25) is 0 Å². The second-order valence-corrected chi connectivity index (χ2v) is 3.56. The van der Waals surface area contributed by atoms with Crippen molar-refractivity contribution in [3.8, 4) is 0 Å². The molecule has 1 N–H and O–H groups in total. The van der Waals surface area contributed by atoms with E-state index in [0.717, 1.165) is 11.0 Å². The molecule has 0 saturated heterocycles. The number of para-hydroxylation sites is 2. The molecular formula is C12H14N2O. The van der Waals surface area contributed by atoms with Crippen molar-refractivity contribution in [2.24, 2.45) is 0 Å². The molecule has 1 unspecified atom stereocenters. The number of benzene rings is 1. The highest BCUT2D eigenvalue weighted by molar-refractivity contribution is 5.74. The predicted molar refractivity (Wildman–Crippen MR) is 60.6 cm³/mol. The van der Waals surface area contributed by atoms with Crippen LogP contribution in [-0.2, 0) is 6.54 Å². The molecule has 1 heterocycles. The number of aliphatic hydroxyl groups excluding tert-OH is 1. The van der Waals surface area contributed by atoms with Crippen molar-refractivity contribution in [1.29, 1.82) is 0 Å². The average Bonchev–Trinajstić information content (AvgIpc) is 2.62. The van der Waals surface area contributed by atoms with Crippen LogP contribution in [0, 0.1) is 0 Å². The van der Waals surface area contributed by atoms with Crippen molar-refractivity contribution >= 4 is 11.0 Å². The minimum Gasteiger partial charge on any atom is -0.391 e. The van der Waals surface area contributed by atoms with Crippen LogP contribution in [0.25, 0.3) is 11.0 Å². The lowest BCUT2D eigenvalue weighted by Crippen LogP contribution is -2.14. The van der Waals surface area contributed by atoms with E-state index in [1.165, 1.54) is 0 Å². The third-order valence-corrected chi connectivity index (χ3v) is 2.37. The van der Waals surface area contributed by atoms with Gasteiger partial charge in [0, 0.05) is 0 Å². The molecule has 2 aromatic rings. The Morgan fingerprint density at radius 1 is 1.47 bits per heavy atom. The Kier molecular flexibility index (Phi) is 2.83. The molecule has 0 bridgehead atoms. The maximum absolute atomic E-state index is 9.66. The number of aromatic nitrogens is 2. The minimum absolute atomic E-state index is 0.389. The number of fused-ring (bicyclic) bond motifs is 1. The number of rotatable bonds is 4. The first-order valence-corrected chi connectivity index (χ1v) is 5.00. The van der Waals surface area contributed by atoms with Gasteiger partial charge in [-0.05, 0) is 18.6 Å². The fourth-order valence-electron chi connectivity index (χ4n) is 1.65. The molecule has 0 aliphatic carbocycles. The van der Waals surface area contributed by atoms with E-state index in [1.807, 2.05) is 28.8 Å². The molecule has 0 aliphatic heterocycles. The molecule has 3 heteroatoms. The summed E-state index contributed by atoms with van der Waals surface area (Å²) >= 11 is 0. The molecule has 0 radical (unpaired) electrons. The first-order chi connectivity index (χ1) is 7.31. The minimum atomic E-state index is -0.389. The Hall–Kier alpha value is -1.61. The maximum atomic E-state index is 9.66. The molecule has 0 saturated carbocycles. The molecule has 1 aromatic carbocycles. The van der Waals surface area contributed by atoms with Gasteiger partial charge in [-0.2, -0.15) is 0 Å². The fraction of sp³-hybridized carbons (Fsp3) is 0.250. The lowest BCUT2D eigenvalue weighted by atomic mass is 10.2. The molecule has 0 aliphatic rings. The van der Waals surface area contributed by atoms with Crippen LogP contribution in [-0.4, -0.2) is 20.8 Å². The monoisotopic (exact) mass is 202 g/mol. The summed E-state index contributed by atoms with van der Waals surface area (Å²) in [6.45, 7) is 4.17. The van der Waals surface area contributed by atoms with Crippen molar-refractivity contribution in [1.82, 2.24) is 9.55 Å². The van der Waals surface area contributed by atoms with Crippen LogP contribution in [0.15, 0.2) is 43.2 Å². The van der Waals surface area contributed by atoms with Crippen LogP contribution in [0.4, 0.5) is 0 Å². The third kappa shape index (κ3) is 2.07. The highest BCUT2D eigenvalue weighted by Crippen LogP contribution is 2.12. The van der Waals surface area contributed by atoms with Gasteiger partial charge in [0.25, 0.3) is 0 Å². The first kappa shape index (κ1) is 9.93. The summed E-state index contributed by atoms with van der Waals surface area (Å²) in [5.41, 5.74) is 2.02. The highest BCUT2D eigenvalue weighted by atomic mass is 16.3. The van der Waals surface area contributed by atoms with Crippen LogP contribution in [0.1, 0.15) is 6.42 Å². The normalized spacial score (nSPS) is 12.9. The zero-order valence-electron chi connectivity index (χ0n) is 8.50. The van der Waals surface area contributed by atoms with E-state index in [4.69, 9.17) is 0 Å². The van der Waals surface area contributed by atoms with Crippen LogP contribution in [0.5, 0.6) is 0 Å².